The van der Waals surface area contributed by atoms with E-state index < -0.39 is 24.1 Å². The lowest BCUT2D eigenvalue weighted by atomic mass is 9.99. The summed E-state index contributed by atoms with van der Waals surface area (Å²) in [5.41, 5.74) is 2.67. The number of methoxy groups -OCH3 is 1. The van der Waals surface area contributed by atoms with Gasteiger partial charge >= 0.3 is 12.1 Å². The Morgan fingerprint density at radius 3 is 2.27 bits per heavy atom. The number of amides is 1. The normalized spacial score (nSPS) is 11.2. The lowest BCUT2D eigenvalue weighted by Crippen LogP contribution is -2.43. The van der Waals surface area contributed by atoms with Crippen LogP contribution in [0, 0.1) is 0 Å². The van der Waals surface area contributed by atoms with E-state index in [0.717, 1.165) is 22.4 Å². The molecule has 0 saturated heterocycles. The van der Waals surface area contributed by atoms with Gasteiger partial charge in [0.15, 0.2) is 0 Å². The second kappa shape index (κ2) is 14.1. The Kier molecular flexibility index (Phi) is 10.1. The molecule has 1 amide bonds. The smallest absolute Gasteiger partial charge is 0.467 e. The molecule has 8 nitrogen and oxygen atoms in total. The molecule has 210 valence electrons. The van der Waals surface area contributed by atoms with E-state index in [-0.39, 0.29) is 24.3 Å². The molecule has 0 unspecified atom stereocenters. The van der Waals surface area contributed by atoms with Gasteiger partial charge in [0.25, 0.3) is 5.91 Å². The average molecular weight is 618 g/mol. The number of esters is 1. The van der Waals surface area contributed by atoms with Crippen molar-refractivity contribution in [1.29, 1.82) is 0 Å². The molecule has 0 bridgehead atoms. The first-order valence-corrected chi connectivity index (χ1v) is 13.6. The largest absolute Gasteiger partial charge is 0.513 e. The van der Waals surface area contributed by atoms with E-state index in [9.17, 15) is 14.4 Å². The van der Waals surface area contributed by atoms with E-state index in [1.165, 1.54) is 19.2 Å². The van der Waals surface area contributed by atoms with Crippen molar-refractivity contribution in [2.75, 3.05) is 13.7 Å². The van der Waals surface area contributed by atoms with E-state index in [4.69, 9.17) is 18.9 Å². The van der Waals surface area contributed by atoms with Crippen LogP contribution in [0.1, 0.15) is 22.8 Å². The Morgan fingerprint density at radius 2 is 1.56 bits per heavy atom. The number of carbonyl (C=O) groups excluding carboxylic acids is 3. The molecule has 0 fully saturated rings. The fraction of sp³-hybridized carbons (Fsp3) is 0.156. The first kappa shape index (κ1) is 29.4. The van der Waals surface area contributed by atoms with Gasteiger partial charge in [-0.25, -0.2) is 9.59 Å². The van der Waals surface area contributed by atoms with Gasteiger partial charge in [-0.1, -0.05) is 76.6 Å². The summed E-state index contributed by atoms with van der Waals surface area (Å²) in [6, 6.07) is 28.4. The van der Waals surface area contributed by atoms with Gasteiger partial charge < -0.3 is 24.3 Å². The Morgan fingerprint density at radius 1 is 0.854 bits per heavy atom. The predicted molar refractivity (Wildman–Crippen MR) is 157 cm³/mol. The van der Waals surface area contributed by atoms with Crippen LogP contribution >= 0.6 is 15.9 Å². The molecule has 0 heterocycles. The number of benzene rings is 4. The highest BCUT2D eigenvalue weighted by molar-refractivity contribution is 9.10. The summed E-state index contributed by atoms with van der Waals surface area (Å²) in [5, 5.41) is 2.70. The topological polar surface area (TPSA) is 100 Å². The van der Waals surface area contributed by atoms with Crippen molar-refractivity contribution in [2.45, 2.75) is 19.4 Å². The van der Waals surface area contributed by atoms with Gasteiger partial charge in [0.2, 0.25) is 0 Å². The highest BCUT2D eigenvalue weighted by Gasteiger charge is 2.25. The number of hydrogen-bond acceptors (Lipinski definition) is 7. The standard InChI is InChI=1S/C32H28BrNO7/c1-3-39-32(37)41-29-18-17-23(33)20-26(29)30(35)34-27(31(36)38-2)19-21-13-15-22(16-14-21)25-11-7-8-12-28(25)40-24-9-5-4-6-10-24/h4-18,20,27H,3,19H2,1-2H3,(H,34,35)/t27-/m0/s1. The maximum Gasteiger partial charge on any atom is 0.513 e. The molecular formula is C32H28BrNO7. The molecule has 9 heteroatoms. The summed E-state index contributed by atoms with van der Waals surface area (Å²) in [7, 11) is 1.25. The second-order valence-electron chi connectivity index (χ2n) is 8.79. The lowest BCUT2D eigenvalue weighted by Gasteiger charge is -2.18. The summed E-state index contributed by atoms with van der Waals surface area (Å²) >= 11 is 3.32. The molecule has 0 aliphatic carbocycles. The van der Waals surface area contributed by atoms with Crippen molar-refractivity contribution < 1.29 is 33.3 Å². The third-order valence-corrected chi connectivity index (χ3v) is 6.49. The van der Waals surface area contributed by atoms with E-state index in [1.807, 2.05) is 78.9 Å². The van der Waals surface area contributed by atoms with E-state index in [0.29, 0.717) is 10.2 Å². The van der Waals surface area contributed by atoms with E-state index in [1.54, 1.807) is 13.0 Å². The summed E-state index contributed by atoms with van der Waals surface area (Å²) in [5.74, 6) is 0.195. The molecule has 4 aromatic carbocycles. The Bertz CT molecular complexity index is 1510. The zero-order valence-electron chi connectivity index (χ0n) is 22.5. The minimum absolute atomic E-state index is 0.00601. The molecule has 4 rings (SSSR count). The first-order valence-electron chi connectivity index (χ1n) is 12.8. The molecular weight excluding hydrogens is 590 g/mol. The molecule has 0 spiro atoms. The van der Waals surface area contributed by atoms with Crippen LogP contribution in [-0.4, -0.2) is 37.8 Å². The van der Waals surface area contributed by atoms with Crippen molar-refractivity contribution >= 4 is 34.0 Å². The van der Waals surface area contributed by atoms with Crippen molar-refractivity contribution in [2.24, 2.45) is 0 Å². The zero-order chi connectivity index (χ0) is 29.2. The van der Waals surface area contributed by atoms with Gasteiger partial charge in [0.05, 0.1) is 19.3 Å². The third kappa shape index (κ3) is 7.95. The zero-order valence-corrected chi connectivity index (χ0v) is 24.1. The SMILES string of the molecule is CCOC(=O)Oc1ccc(Br)cc1C(=O)N[C@@H](Cc1ccc(-c2ccccc2Oc2ccccc2)cc1)C(=O)OC. The molecule has 41 heavy (non-hydrogen) atoms. The van der Waals surface area contributed by atoms with Crippen LogP contribution in [0.2, 0.25) is 0 Å². The molecule has 0 aromatic heterocycles. The van der Waals surface area contributed by atoms with Crippen LogP contribution in [-0.2, 0) is 20.7 Å². The van der Waals surface area contributed by atoms with Crippen LogP contribution in [0.3, 0.4) is 0 Å². The molecule has 0 radical (unpaired) electrons. The van der Waals surface area contributed by atoms with Gasteiger partial charge in [0, 0.05) is 16.5 Å². The minimum atomic E-state index is -0.999. The van der Waals surface area contributed by atoms with Crippen molar-refractivity contribution in [3.05, 3.63) is 113 Å². The highest BCUT2D eigenvalue weighted by Crippen LogP contribution is 2.33. The Hall–Kier alpha value is -4.63. The molecule has 4 aromatic rings. The minimum Gasteiger partial charge on any atom is -0.467 e. The van der Waals surface area contributed by atoms with Gasteiger partial charge in [-0.3, -0.25) is 4.79 Å². The van der Waals surface area contributed by atoms with Gasteiger partial charge in [-0.15, -0.1) is 0 Å². The van der Waals surface area contributed by atoms with Crippen molar-refractivity contribution in [1.82, 2.24) is 5.32 Å². The maximum atomic E-state index is 13.2. The van der Waals surface area contributed by atoms with Gasteiger partial charge in [-0.05, 0) is 54.4 Å². The fourth-order valence-electron chi connectivity index (χ4n) is 4.04. The number of carbonyl (C=O) groups is 3. The molecule has 1 N–H and O–H groups in total. The van der Waals surface area contributed by atoms with Crippen LogP contribution < -0.4 is 14.8 Å². The highest BCUT2D eigenvalue weighted by atomic mass is 79.9. The predicted octanol–water partition coefficient (Wildman–Crippen LogP) is 6.96. The van der Waals surface area contributed by atoms with Crippen LogP contribution in [0.25, 0.3) is 11.1 Å². The average Bonchev–Trinajstić information content (AvgIpc) is 2.98. The van der Waals surface area contributed by atoms with Crippen LogP contribution in [0.4, 0.5) is 4.79 Å². The first-order chi connectivity index (χ1) is 19.9. The maximum absolute atomic E-state index is 13.2. The van der Waals surface area contributed by atoms with Gasteiger partial charge in [-0.2, -0.15) is 0 Å². The monoisotopic (exact) mass is 617 g/mol. The van der Waals surface area contributed by atoms with Crippen molar-refractivity contribution in [3.8, 4) is 28.4 Å². The van der Waals surface area contributed by atoms with Crippen LogP contribution in [0.5, 0.6) is 17.2 Å². The number of rotatable bonds is 10. The molecule has 0 saturated carbocycles. The van der Waals surface area contributed by atoms with E-state index in [2.05, 4.69) is 21.2 Å². The quantitative estimate of drug-likeness (QED) is 0.152. The number of hydrogen-bond donors (Lipinski definition) is 1. The molecule has 1 atom stereocenters. The van der Waals surface area contributed by atoms with Crippen molar-refractivity contribution in [3.63, 3.8) is 0 Å². The van der Waals surface area contributed by atoms with Gasteiger partial charge in [0.1, 0.15) is 23.3 Å². The summed E-state index contributed by atoms with van der Waals surface area (Å²) in [4.78, 5) is 37.7. The molecule has 0 aliphatic rings. The Balaban J connectivity index is 1.52. The summed E-state index contributed by atoms with van der Waals surface area (Å²) in [6.45, 7) is 1.76. The molecule has 0 aliphatic heterocycles. The number of nitrogens with one attached hydrogen (secondary N) is 1. The van der Waals surface area contributed by atoms with E-state index >= 15 is 0 Å². The fourth-order valence-corrected chi connectivity index (χ4v) is 4.40. The summed E-state index contributed by atoms with van der Waals surface area (Å²) < 4.78 is 21.6. The third-order valence-electron chi connectivity index (χ3n) is 6.00. The lowest BCUT2D eigenvalue weighted by molar-refractivity contribution is -0.142. The summed E-state index contributed by atoms with van der Waals surface area (Å²) in [6.07, 6.45) is -0.771. The number of halogens is 1. The number of ether oxygens (including phenoxy) is 4. The Labute approximate surface area is 246 Å². The number of para-hydroxylation sites is 2. The second-order valence-corrected chi connectivity index (χ2v) is 9.70. The van der Waals surface area contributed by atoms with Crippen LogP contribution in [0.15, 0.2) is 102 Å².